The van der Waals surface area contributed by atoms with Gasteiger partial charge in [0.2, 0.25) is 0 Å². The Balaban J connectivity index is 2.00. The quantitative estimate of drug-likeness (QED) is 0.768. The summed E-state index contributed by atoms with van der Waals surface area (Å²) >= 11 is 0. The van der Waals surface area contributed by atoms with Crippen molar-refractivity contribution in [2.75, 3.05) is 18.8 Å². The molecular weight excluding hydrogens is 259 g/mol. The first-order valence-corrected chi connectivity index (χ1v) is 5.82. The predicted molar refractivity (Wildman–Crippen MR) is 64.4 cm³/mol. The molecule has 1 aliphatic heterocycles. The van der Waals surface area contributed by atoms with E-state index < -0.39 is 18.8 Å². The number of nitrogens with two attached hydrogens (primary N) is 1. The third-order valence-corrected chi connectivity index (χ3v) is 3.03. The molecule has 1 aromatic rings. The average molecular weight is 273 g/mol. The van der Waals surface area contributed by atoms with Crippen LogP contribution < -0.4 is 11.1 Å². The number of anilines is 1. The summed E-state index contributed by atoms with van der Waals surface area (Å²) in [7, 11) is 0. The van der Waals surface area contributed by atoms with Crippen LogP contribution in [0.4, 0.5) is 23.7 Å². The van der Waals surface area contributed by atoms with Crippen LogP contribution in [-0.2, 0) is 13.0 Å². The summed E-state index contributed by atoms with van der Waals surface area (Å²) in [6, 6.07) is 4.67. The van der Waals surface area contributed by atoms with E-state index in [0.29, 0.717) is 18.7 Å². The lowest BCUT2D eigenvalue weighted by molar-refractivity contribution is -0.123. The van der Waals surface area contributed by atoms with Crippen molar-refractivity contribution in [3.8, 4) is 0 Å². The van der Waals surface area contributed by atoms with Gasteiger partial charge < -0.3 is 16.0 Å². The number of carbonyl (C=O) groups is 1. The van der Waals surface area contributed by atoms with E-state index in [2.05, 4.69) is 0 Å². The van der Waals surface area contributed by atoms with E-state index in [0.717, 1.165) is 11.1 Å². The maximum absolute atomic E-state index is 12.0. The molecule has 0 saturated carbocycles. The van der Waals surface area contributed by atoms with Crippen LogP contribution in [0.5, 0.6) is 0 Å². The summed E-state index contributed by atoms with van der Waals surface area (Å²) in [6.45, 7) is -0.666. The SMILES string of the molecule is Nc1cccc2c1CCN(C(=O)NCC(F)(F)F)C2. The van der Waals surface area contributed by atoms with Crippen LogP contribution >= 0.6 is 0 Å². The molecule has 1 heterocycles. The van der Waals surface area contributed by atoms with E-state index in [1.807, 2.05) is 11.4 Å². The summed E-state index contributed by atoms with van der Waals surface area (Å²) in [5.41, 5.74) is 8.33. The molecule has 0 atom stereocenters. The summed E-state index contributed by atoms with van der Waals surface area (Å²) in [5.74, 6) is 0. The molecule has 4 nitrogen and oxygen atoms in total. The number of hydrogen-bond donors (Lipinski definition) is 2. The molecule has 0 radical (unpaired) electrons. The minimum absolute atomic E-state index is 0.282. The standard InChI is InChI=1S/C12H14F3N3O/c13-12(14,15)7-17-11(19)18-5-4-9-8(6-18)2-1-3-10(9)16/h1-3H,4-7,16H2,(H,17,19). The Bertz CT molecular complexity index is 488. The number of alkyl halides is 3. The van der Waals surface area contributed by atoms with Crippen molar-refractivity contribution in [3.05, 3.63) is 29.3 Å². The first-order valence-electron chi connectivity index (χ1n) is 5.82. The zero-order chi connectivity index (χ0) is 14.0. The molecule has 1 aromatic carbocycles. The van der Waals surface area contributed by atoms with Crippen LogP contribution in [0.15, 0.2) is 18.2 Å². The number of benzene rings is 1. The number of nitrogens with one attached hydrogen (secondary N) is 1. The van der Waals surface area contributed by atoms with Gasteiger partial charge in [0.1, 0.15) is 6.54 Å². The van der Waals surface area contributed by atoms with E-state index in [-0.39, 0.29) is 6.54 Å². The Kier molecular flexibility index (Phi) is 3.55. The number of rotatable bonds is 1. The van der Waals surface area contributed by atoms with Crippen molar-refractivity contribution in [2.24, 2.45) is 0 Å². The van der Waals surface area contributed by atoms with Gasteiger partial charge in [0.15, 0.2) is 0 Å². The highest BCUT2D eigenvalue weighted by atomic mass is 19.4. The molecule has 2 rings (SSSR count). The van der Waals surface area contributed by atoms with Crippen molar-refractivity contribution in [1.82, 2.24) is 10.2 Å². The zero-order valence-corrected chi connectivity index (χ0v) is 10.1. The number of amides is 2. The van der Waals surface area contributed by atoms with Gasteiger partial charge >= 0.3 is 12.2 Å². The Labute approximate surface area is 108 Å². The molecule has 0 fully saturated rings. The number of fused-ring (bicyclic) bond motifs is 1. The molecular formula is C12H14F3N3O. The molecule has 0 bridgehead atoms. The highest BCUT2D eigenvalue weighted by molar-refractivity contribution is 5.75. The number of nitrogen functional groups attached to an aromatic ring is 1. The van der Waals surface area contributed by atoms with Crippen molar-refractivity contribution < 1.29 is 18.0 Å². The number of nitrogens with zero attached hydrogens (tertiary/aromatic N) is 1. The van der Waals surface area contributed by atoms with Gasteiger partial charge in [-0.1, -0.05) is 12.1 Å². The molecule has 3 N–H and O–H groups in total. The molecule has 104 valence electrons. The Morgan fingerprint density at radius 2 is 2.16 bits per heavy atom. The Morgan fingerprint density at radius 3 is 2.84 bits per heavy atom. The largest absolute Gasteiger partial charge is 0.405 e. The van der Waals surface area contributed by atoms with Gasteiger partial charge in [0.25, 0.3) is 0 Å². The molecule has 0 spiro atoms. The first kappa shape index (κ1) is 13.5. The van der Waals surface area contributed by atoms with Gasteiger partial charge in [-0.25, -0.2) is 4.79 Å². The van der Waals surface area contributed by atoms with Crippen LogP contribution in [0, 0.1) is 0 Å². The number of halogens is 3. The molecule has 2 amide bonds. The normalized spacial score (nSPS) is 15.0. The minimum Gasteiger partial charge on any atom is -0.398 e. The van der Waals surface area contributed by atoms with Crippen LogP contribution in [0.1, 0.15) is 11.1 Å². The highest BCUT2D eigenvalue weighted by Gasteiger charge is 2.29. The van der Waals surface area contributed by atoms with E-state index in [9.17, 15) is 18.0 Å². The average Bonchev–Trinajstić information content (AvgIpc) is 2.35. The molecule has 19 heavy (non-hydrogen) atoms. The lowest BCUT2D eigenvalue weighted by atomic mass is 9.98. The first-order chi connectivity index (χ1) is 8.87. The van der Waals surface area contributed by atoms with Gasteiger partial charge in [-0.05, 0) is 23.6 Å². The van der Waals surface area contributed by atoms with Crippen LogP contribution in [0.2, 0.25) is 0 Å². The van der Waals surface area contributed by atoms with E-state index in [4.69, 9.17) is 5.73 Å². The summed E-state index contributed by atoms with van der Waals surface area (Å²) in [6.07, 6.45) is -3.84. The van der Waals surface area contributed by atoms with Gasteiger partial charge in [-0.3, -0.25) is 0 Å². The van der Waals surface area contributed by atoms with Gasteiger partial charge in [-0.2, -0.15) is 13.2 Å². The second-order valence-corrected chi connectivity index (χ2v) is 4.43. The van der Waals surface area contributed by atoms with Crippen molar-refractivity contribution in [2.45, 2.75) is 19.1 Å². The molecule has 0 saturated heterocycles. The summed E-state index contributed by atoms with van der Waals surface area (Å²) < 4.78 is 36.1. The fourth-order valence-corrected chi connectivity index (χ4v) is 2.10. The molecule has 0 unspecified atom stereocenters. The third kappa shape index (κ3) is 3.30. The predicted octanol–water partition coefficient (Wildman–Crippen LogP) is 1.90. The van der Waals surface area contributed by atoms with E-state index >= 15 is 0 Å². The topological polar surface area (TPSA) is 58.4 Å². The Morgan fingerprint density at radius 1 is 1.42 bits per heavy atom. The maximum Gasteiger partial charge on any atom is 0.405 e. The smallest absolute Gasteiger partial charge is 0.398 e. The lowest BCUT2D eigenvalue weighted by Gasteiger charge is -2.29. The molecule has 0 aromatic heterocycles. The minimum atomic E-state index is -4.40. The highest BCUT2D eigenvalue weighted by Crippen LogP contribution is 2.24. The van der Waals surface area contributed by atoms with Crippen LogP contribution in [-0.4, -0.2) is 30.2 Å². The van der Waals surface area contributed by atoms with Crippen molar-refractivity contribution in [3.63, 3.8) is 0 Å². The van der Waals surface area contributed by atoms with Crippen molar-refractivity contribution >= 4 is 11.7 Å². The number of hydrogen-bond acceptors (Lipinski definition) is 2. The molecule has 0 aliphatic carbocycles. The second-order valence-electron chi connectivity index (χ2n) is 4.43. The summed E-state index contributed by atoms with van der Waals surface area (Å²) in [5, 5.41) is 1.87. The molecule has 1 aliphatic rings. The monoisotopic (exact) mass is 273 g/mol. The third-order valence-electron chi connectivity index (χ3n) is 3.03. The number of carbonyl (C=O) groups excluding carboxylic acids is 1. The summed E-state index contributed by atoms with van der Waals surface area (Å²) in [4.78, 5) is 13.0. The van der Waals surface area contributed by atoms with Crippen molar-refractivity contribution in [1.29, 1.82) is 0 Å². The van der Waals surface area contributed by atoms with Gasteiger partial charge in [0.05, 0.1) is 0 Å². The van der Waals surface area contributed by atoms with E-state index in [1.54, 1.807) is 12.1 Å². The number of urea groups is 1. The molecule has 7 heteroatoms. The Hall–Kier alpha value is -1.92. The van der Waals surface area contributed by atoms with Crippen LogP contribution in [0.3, 0.4) is 0 Å². The lowest BCUT2D eigenvalue weighted by Crippen LogP contribution is -2.45. The fourth-order valence-electron chi connectivity index (χ4n) is 2.10. The van der Waals surface area contributed by atoms with Crippen LogP contribution in [0.25, 0.3) is 0 Å². The van der Waals surface area contributed by atoms with Gasteiger partial charge in [-0.15, -0.1) is 0 Å². The second kappa shape index (κ2) is 4.99. The maximum atomic E-state index is 12.0. The fraction of sp³-hybridized carbons (Fsp3) is 0.417. The van der Waals surface area contributed by atoms with Gasteiger partial charge in [0, 0.05) is 18.8 Å². The zero-order valence-electron chi connectivity index (χ0n) is 10.1. The van der Waals surface area contributed by atoms with E-state index in [1.165, 1.54) is 4.90 Å².